The Labute approximate surface area is 206 Å². The number of hydrogen-bond donors (Lipinski definition) is 0. The van der Waals surface area contributed by atoms with Crippen molar-refractivity contribution >= 4 is 0 Å². The zero-order valence-electron chi connectivity index (χ0n) is 21.9. The molecule has 1 aromatic rings. The van der Waals surface area contributed by atoms with E-state index in [-0.39, 0.29) is 17.0 Å². The van der Waals surface area contributed by atoms with Gasteiger partial charge in [0, 0.05) is 11.1 Å². The van der Waals surface area contributed by atoms with Crippen LogP contribution in [0.3, 0.4) is 0 Å². The summed E-state index contributed by atoms with van der Waals surface area (Å²) in [5, 5.41) is 0. The molecule has 0 radical (unpaired) electrons. The highest BCUT2D eigenvalue weighted by atomic mass is 79.9. The van der Waals surface area contributed by atoms with Gasteiger partial charge in [0.25, 0.3) is 0 Å². The van der Waals surface area contributed by atoms with Gasteiger partial charge in [0.05, 0.1) is 41.3 Å². The first-order valence-corrected chi connectivity index (χ1v) is 13.0. The smallest absolute Gasteiger partial charge is 0.104 e. The second-order valence-electron chi connectivity index (χ2n) is 11.0. The Morgan fingerprint density at radius 2 is 0.774 bits per heavy atom. The standard InChI is InChI=1S/C28H54N2.BrH/c1-7-9-11-13-15-17-23-29(3,4)25-27-19-21-28(22-20-27)26-30(5,6)24-18-16-14-12-10-8-2;/h19-22H,7-18,23-26H2,1-6H3;1H/q+2;/p-1. The van der Waals surface area contributed by atoms with Crippen molar-refractivity contribution in [2.75, 3.05) is 41.3 Å². The van der Waals surface area contributed by atoms with Gasteiger partial charge in [0.2, 0.25) is 0 Å². The van der Waals surface area contributed by atoms with Crippen LogP contribution in [-0.2, 0) is 13.1 Å². The number of hydrogen-bond acceptors (Lipinski definition) is 0. The number of unbranched alkanes of at least 4 members (excludes halogenated alkanes) is 10. The van der Waals surface area contributed by atoms with Crippen LogP contribution in [0.25, 0.3) is 0 Å². The molecular formula is C28H54BrN2+. The van der Waals surface area contributed by atoms with E-state index < -0.39 is 0 Å². The lowest BCUT2D eigenvalue weighted by molar-refractivity contribution is -0.904. The van der Waals surface area contributed by atoms with Gasteiger partial charge in [0.1, 0.15) is 13.1 Å². The van der Waals surface area contributed by atoms with Crippen molar-refractivity contribution in [3.8, 4) is 0 Å². The summed E-state index contributed by atoms with van der Waals surface area (Å²) in [6.07, 6.45) is 16.6. The average molecular weight is 499 g/mol. The summed E-state index contributed by atoms with van der Waals surface area (Å²) in [5.74, 6) is 0. The molecule has 0 N–H and O–H groups in total. The highest BCUT2D eigenvalue weighted by molar-refractivity contribution is 5.21. The van der Waals surface area contributed by atoms with Crippen molar-refractivity contribution < 1.29 is 25.9 Å². The highest BCUT2D eigenvalue weighted by Gasteiger charge is 2.17. The van der Waals surface area contributed by atoms with E-state index in [1.54, 1.807) is 0 Å². The van der Waals surface area contributed by atoms with Gasteiger partial charge in [-0.1, -0.05) is 89.5 Å². The van der Waals surface area contributed by atoms with Crippen LogP contribution in [0.2, 0.25) is 0 Å². The maximum Gasteiger partial charge on any atom is 0.104 e. The fraction of sp³-hybridized carbons (Fsp3) is 0.786. The second kappa shape index (κ2) is 17.1. The Hall–Kier alpha value is -0.380. The molecule has 31 heavy (non-hydrogen) atoms. The van der Waals surface area contributed by atoms with E-state index in [0.29, 0.717) is 0 Å². The van der Waals surface area contributed by atoms with Gasteiger partial charge in [-0.2, -0.15) is 0 Å². The van der Waals surface area contributed by atoms with Crippen LogP contribution >= 0.6 is 0 Å². The number of rotatable bonds is 18. The van der Waals surface area contributed by atoms with Crippen molar-refractivity contribution in [1.82, 2.24) is 0 Å². The Balaban J connectivity index is 0.00000900. The minimum absolute atomic E-state index is 0. The molecule has 0 aliphatic rings. The van der Waals surface area contributed by atoms with Crippen LogP contribution in [0.1, 0.15) is 102 Å². The van der Waals surface area contributed by atoms with Gasteiger partial charge in [0.15, 0.2) is 0 Å². The topological polar surface area (TPSA) is 0 Å². The van der Waals surface area contributed by atoms with Crippen LogP contribution in [0, 0.1) is 0 Å². The largest absolute Gasteiger partial charge is 1.00 e. The van der Waals surface area contributed by atoms with Crippen molar-refractivity contribution in [3.05, 3.63) is 35.4 Å². The lowest BCUT2D eigenvalue weighted by atomic mass is 10.1. The van der Waals surface area contributed by atoms with Gasteiger partial charge < -0.3 is 25.9 Å². The quantitative estimate of drug-likeness (QED) is 0.206. The summed E-state index contributed by atoms with van der Waals surface area (Å²) >= 11 is 0. The average Bonchev–Trinajstić information content (AvgIpc) is 2.68. The van der Waals surface area contributed by atoms with Crippen LogP contribution in [0.15, 0.2) is 24.3 Å². The number of halogens is 1. The van der Waals surface area contributed by atoms with Crippen LogP contribution in [0.5, 0.6) is 0 Å². The molecular weight excluding hydrogens is 444 g/mol. The first-order valence-electron chi connectivity index (χ1n) is 13.0. The third kappa shape index (κ3) is 16.0. The highest BCUT2D eigenvalue weighted by Crippen LogP contribution is 2.17. The molecule has 1 aromatic carbocycles. The summed E-state index contributed by atoms with van der Waals surface area (Å²) in [7, 11) is 9.56. The Kier molecular flexibility index (Phi) is 16.9. The molecule has 0 aromatic heterocycles. The molecule has 182 valence electrons. The predicted molar refractivity (Wildman–Crippen MR) is 135 cm³/mol. The summed E-state index contributed by atoms with van der Waals surface area (Å²) in [5.41, 5.74) is 2.96. The number of benzene rings is 1. The van der Waals surface area contributed by atoms with E-state index in [2.05, 4.69) is 66.3 Å². The molecule has 0 saturated carbocycles. The summed E-state index contributed by atoms with van der Waals surface area (Å²) in [6.45, 7) is 9.45. The van der Waals surface area contributed by atoms with E-state index in [1.165, 1.54) is 101 Å². The van der Waals surface area contributed by atoms with E-state index >= 15 is 0 Å². The Bertz CT molecular complexity index is 487. The third-order valence-corrected chi connectivity index (χ3v) is 6.48. The molecule has 0 heterocycles. The molecule has 2 nitrogen and oxygen atoms in total. The zero-order valence-corrected chi connectivity index (χ0v) is 23.5. The van der Waals surface area contributed by atoms with Crippen molar-refractivity contribution in [2.24, 2.45) is 0 Å². The number of quaternary nitrogens is 2. The fourth-order valence-corrected chi connectivity index (χ4v) is 4.54. The minimum Gasteiger partial charge on any atom is -1.00 e. The molecule has 0 spiro atoms. The molecule has 3 heteroatoms. The van der Waals surface area contributed by atoms with E-state index in [4.69, 9.17) is 0 Å². The molecule has 0 unspecified atom stereocenters. The Morgan fingerprint density at radius 3 is 1.10 bits per heavy atom. The van der Waals surface area contributed by atoms with Gasteiger partial charge >= 0.3 is 0 Å². The SMILES string of the molecule is CCCCCCCC[N+](C)(C)Cc1ccc(C[N+](C)(C)CCCCCCCC)cc1.[Br-]. The maximum absolute atomic E-state index is 2.39. The second-order valence-corrected chi connectivity index (χ2v) is 11.0. The van der Waals surface area contributed by atoms with E-state index in [0.717, 1.165) is 22.1 Å². The first-order chi connectivity index (χ1) is 14.3. The molecule has 1 rings (SSSR count). The van der Waals surface area contributed by atoms with Crippen LogP contribution < -0.4 is 17.0 Å². The van der Waals surface area contributed by atoms with Crippen LogP contribution in [-0.4, -0.2) is 50.2 Å². The maximum atomic E-state index is 2.39. The molecule has 0 aliphatic heterocycles. The monoisotopic (exact) mass is 497 g/mol. The van der Waals surface area contributed by atoms with E-state index in [9.17, 15) is 0 Å². The number of nitrogens with zero attached hydrogens (tertiary/aromatic N) is 2. The zero-order chi connectivity index (χ0) is 22.3. The fourth-order valence-electron chi connectivity index (χ4n) is 4.54. The van der Waals surface area contributed by atoms with Crippen LogP contribution in [0.4, 0.5) is 0 Å². The summed E-state index contributed by atoms with van der Waals surface area (Å²) < 4.78 is 2.21. The first kappa shape index (κ1) is 30.6. The van der Waals surface area contributed by atoms with Gasteiger partial charge in [-0.05, 0) is 25.7 Å². The summed E-state index contributed by atoms with van der Waals surface area (Å²) in [4.78, 5) is 0. The molecule has 0 aliphatic carbocycles. The predicted octanol–water partition coefficient (Wildman–Crippen LogP) is 4.56. The lowest BCUT2D eigenvalue weighted by Crippen LogP contribution is -3.00. The van der Waals surface area contributed by atoms with Crippen molar-refractivity contribution in [2.45, 2.75) is 104 Å². The summed E-state index contributed by atoms with van der Waals surface area (Å²) in [6, 6.07) is 9.51. The van der Waals surface area contributed by atoms with Gasteiger partial charge in [-0.15, -0.1) is 0 Å². The molecule has 0 amide bonds. The van der Waals surface area contributed by atoms with Crippen molar-refractivity contribution in [3.63, 3.8) is 0 Å². The Morgan fingerprint density at radius 1 is 0.484 bits per heavy atom. The molecule has 0 atom stereocenters. The molecule has 0 bridgehead atoms. The van der Waals surface area contributed by atoms with Crippen molar-refractivity contribution in [1.29, 1.82) is 0 Å². The van der Waals surface area contributed by atoms with Gasteiger partial charge in [-0.25, -0.2) is 0 Å². The molecule has 0 saturated heterocycles. The van der Waals surface area contributed by atoms with E-state index in [1.807, 2.05) is 0 Å². The normalized spacial score (nSPS) is 12.1. The third-order valence-electron chi connectivity index (χ3n) is 6.48. The lowest BCUT2D eigenvalue weighted by Gasteiger charge is -2.31. The van der Waals surface area contributed by atoms with Gasteiger partial charge in [-0.3, -0.25) is 0 Å². The molecule has 0 fully saturated rings. The minimum atomic E-state index is 0.